The average molecular weight is 172 g/mol. The summed E-state index contributed by atoms with van der Waals surface area (Å²) in [7, 11) is 0. The minimum Gasteiger partial charge on any atom is -0.327 e. The largest absolute Gasteiger partial charge is 0.327 e. The second kappa shape index (κ2) is 6.14. The first kappa shape index (κ1) is 11.6. The van der Waals surface area contributed by atoms with E-state index in [4.69, 9.17) is 11.5 Å². The van der Waals surface area contributed by atoms with Crippen molar-refractivity contribution in [3.8, 4) is 0 Å². The molecule has 0 aliphatic heterocycles. The Kier molecular flexibility index (Phi) is 5.93. The quantitative estimate of drug-likeness (QED) is 0.623. The summed E-state index contributed by atoms with van der Waals surface area (Å²) >= 11 is 0. The van der Waals surface area contributed by atoms with Crippen molar-refractivity contribution in [3.63, 3.8) is 0 Å². The second-order valence-corrected chi connectivity index (χ2v) is 3.23. The highest BCUT2D eigenvalue weighted by atomic mass is 16.1. The van der Waals surface area contributed by atoms with E-state index in [-0.39, 0.29) is 17.9 Å². The maximum absolute atomic E-state index is 11.3. The third-order valence-electron chi connectivity index (χ3n) is 1.98. The molecule has 2 atom stereocenters. The van der Waals surface area contributed by atoms with E-state index in [1.807, 2.05) is 6.92 Å². The van der Waals surface area contributed by atoms with Gasteiger partial charge in [0.25, 0.3) is 0 Å². The van der Waals surface area contributed by atoms with Crippen LogP contribution in [0.1, 0.15) is 39.5 Å². The number of carbonyl (C=O) groups excluding carboxylic acids is 1. The van der Waals surface area contributed by atoms with Gasteiger partial charge in [-0.15, -0.1) is 0 Å². The van der Waals surface area contributed by atoms with Crippen molar-refractivity contribution in [2.75, 3.05) is 0 Å². The van der Waals surface area contributed by atoms with E-state index in [2.05, 4.69) is 6.92 Å². The van der Waals surface area contributed by atoms with Crippen LogP contribution in [0.4, 0.5) is 0 Å². The van der Waals surface area contributed by atoms with Gasteiger partial charge >= 0.3 is 0 Å². The van der Waals surface area contributed by atoms with E-state index in [0.717, 1.165) is 12.8 Å². The number of rotatable bonds is 6. The number of ketones is 1. The zero-order valence-corrected chi connectivity index (χ0v) is 8.05. The minimum absolute atomic E-state index is 0.0000926. The van der Waals surface area contributed by atoms with Crippen molar-refractivity contribution >= 4 is 5.78 Å². The molecule has 0 aliphatic carbocycles. The lowest BCUT2D eigenvalue weighted by Gasteiger charge is -2.12. The van der Waals surface area contributed by atoms with E-state index in [9.17, 15) is 4.79 Å². The Balaban J connectivity index is 3.67. The summed E-state index contributed by atoms with van der Waals surface area (Å²) in [4.78, 5) is 11.3. The summed E-state index contributed by atoms with van der Waals surface area (Å²) in [6.07, 6.45) is 3.07. The molecule has 0 fully saturated rings. The van der Waals surface area contributed by atoms with Gasteiger partial charge in [-0.25, -0.2) is 0 Å². The van der Waals surface area contributed by atoms with Crippen molar-refractivity contribution in [1.82, 2.24) is 0 Å². The fourth-order valence-corrected chi connectivity index (χ4v) is 1.11. The van der Waals surface area contributed by atoms with Gasteiger partial charge in [-0.2, -0.15) is 0 Å². The van der Waals surface area contributed by atoms with Crippen LogP contribution in [-0.2, 0) is 4.79 Å². The van der Waals surface area contributed by atoms with Crippen LogP contribution < -0.4 is 11.5 Å². The summed E-state index contributed by atoms with van der Waals surface area (Å²) in [6, 6.07) is -0.312. The minimum atomic E-state index is -0.312. The second-order valence-electron chi connectivity index (χ2n) is 3.23. The van der Waals surface area contributed by atoms with E-state index in [1.54, 1.807) is 0 Å². The number of Topliss-reactive ketones (excluding diaryl/α,β-unsaturated/α-hetero) is 1. The Morgan fingerprint density at radius 2 is 1.92 bits per heavy atom. The first-order chi connectivity index (χ1) is 5.61. The smallest absolute Gasteiger partial charge is 0.151 e. The zero-order chi connectivity index (χ0) is 9.56. The SMILES string of the molecule is CCCC(N)CC(=O)C(N)CC. The molecule has 4 N–H and O–H groups in total. The lowest BCUT2D eigenvalue weighted by atomic mass is 10.0. The fourth-order valence-electron chi connectivity index (χ4n) is 1.11. The number of carbonyl (C=O) groups is 1. The third-order valence-corrected chi connectivity index (χ3v) is 1.98. The highest BCUT2D eigenvalue weighted by molar-refractivity contribution is 5.84. The molecular formula is C9H20N2O. The molecule has 3 heteroatoms. The Morgan fingerprint density at radius 3 is 2.33 bits per heavy atom. The van der Waals surface area contributed by atoms with Crippen molar-refractivity contribution in [3.05, 3.63) is 0 Å². The monoisotopic (exact) mass is 172 g/mol. The van der Waals surface area contributed by atoms with E-state index in [0.29, 0.717) is 12.8 Å². The van der Waals surface area contributed by atoms with Crippen molar-refractivity contribution in [1.29, 1.82) is 0 Å². The van der Waals surface area contributed by atoms with Gasteiger partial charge in [0.2, 0.25) is 0 Å². The van der Waals surface area contributed by atoms with Gasteiger partial charge in [-0.1, -0.05) is 20.3 Å². The number of hydrogen-bond acceptors (Lipinski definition) is 3. The molecule has 0 bridgehead atoms. The first-order valence-electron chi connectivity index (χ1n) is 4.65. The van der Waals surface area contributed by atoms with Crippen LogP contribution in [0.3, 0.4) is 0 Å². The molecule has 0 heterocycles. The Morgan fingerprint density at radius 1 is 1.33 bits per heavy atom. The fraction of sp³-hybridized carbons (Fsp3) is 0.889. The van der Waals surface area contributed by atoms with Crippen LogP contribution in [0.2, 0.25) is 0 Å². The normalized spacial score (nSPS) is 15.7. The summed E-state index contributed by atoms with van der Waals surface area (Å²) in [6.45, 7) is 3.97. The van der Waals surface area contributed by atoms with Crippen molar-refractivity contribution < 1.29 is 4.79 Å². The van der Waals surface area contributed by atoms with E-state index >= 15 is 0 Å². The highest BCUT2D eigenvalue weighted by Crippen LogP contribution is 2.02. The molecule has 72 valence electrons. The van der Waals surface area contributed by atoms with E-state index < -0.39 is 0 Å². The lowest BCUT2D eigenvalue weighted by Crippen LogP contribution is -2.34. The molecule has 0 radical (unpaired) electrons. The van der Waals surface area contributed by atoms with Crippen LogP contribution >= 0.6 is 0 Å². The molecule has 12 heavy (non-hydrogen) atoms. The molecule has 0 rings (SSSR count). The molecule has 0 aromatic rings. The number of hydrogen-bond donors (Lipinski definition) is 2. The molecule has 0 aromatic carbocycles. The standard InChI is InChI=1S/C9H20N2O/c1-3-5-7(10)6-9(12)8(11)4-2/h7-8H,3-6,10-11H2,1-2H3. The summed E-state index contributed by atoms with van der Waals surface area (Å²) < 4.78 is 0. The molecule has 0 aromatic heterocycles. The predicted octanol–water partition coefficient (Wildman–Crippen LogP) is 0.810. The van der Waals surface area contributed by atoms with Crippen LogP contribution in [0.15, 0.2) is 0 Å². The van der Waals surface area contributed by atoms with Gasteiger partial charge in [0.05, 0.1) is 6.04 Å². The van der Waals surface area contributed by atoms with Crippen LogP contribution in [0.5, 0.6) is 0 Å². The molecule has 0 saturated carbocycles. The molecular weight excluding hydrogens is 152 g/mol. The summed E-state index contributed by atoms with van der Waals surface area (Å²) in [5.41, 5.74) is 11.3. The summed E-state index contributed by atoms with van der Waals surface area (Å²) in [5, 5.41) is 0. The van der Waals surface area contributed by atoms with Gasteiger partial charge in [0.15, 0.2) is 5.78 Å². The summed E-state index contributed by atoms with van der Waals surface area (Å²) in [5.74, 6) is 0.0958. The van der Waals surface area contributed by atoms with Gasteiger partial charge in [0, 0.05) is 12.5 Å². The predicted molar refractivity (Wildman–Crippen MR) is 50.8 cm³/mol. The highest BCUT2D eigenvalue weighted by Gasteiger charge is 2.14. The van der Waals surface area contributed by atoms with Gasteiger partial charge in [0.1, 0.15) is 0 Å². The van der Waals surface area contributed by atoms with Crippen LogP contribution in [0.25, 0.3) is 0 Å². The zero-order valence-electron chi connectivity index (χ0n) is 8.05. The molecule has 0 spiro atoms. The number of nitrogens with two attached hydrogens (primary N) is 2. The van der Waals surface area contributed by atoms with Gasteiger partial charge in [-0.3, -0.25) is 4.79 Å². The van der Waals surface area contributed by atoms with Gasteiger partial charge in [-0.05, 0) is 12.8 Å². The van der Waals surface area contributed by atoms with Crippen LogP contribution in [0, 0.1) is 0 Å². The first-order valence-corrected chi connectivity index (χ1v) is 4.65. The maximum atomic E-state index is 11.3. The molecule has 3 nitrogen and oxygen atoms in total. The molecule has 0 saturated heterocycles. The van der Waals surface area contributed by atoms with Crippen molar-refractivity contribution in [2.45, 2.75) is 51.6 Å². The topological polar surface area (TPSA) is 69.1 Å². The third kappa shape index (κ3) is 4.46. The average Bonchev–Trinajstić information content (AvgIpc) is 2.03. The molecule has 0 aliphatic rings. The lowest BCUT2D eigenvalue weighted by molar-refractivity contribution is -0.120. The molecule has 0 amide bonds. The van der Waals surface area contributed by atoms with Crippen molar-refractivity contribution in [2.24, 2.45) is 11.5 Å². The van der Waals surface area contributed by atoms with E-state index in [1.165, 1.54) is 0 Å². The maximum Gasteiger partial charge on any atom is 0.151 e. The van der Waals surface area contributed by atoms with Crippen LogP contribution in [-0.4, -0.2) is 17.9 Å². The molecule has 2 unspecified atom stereocenters. The Hall–Kier alpha value is -0.410. The van der Waals surface area contributed by atoms with Gasteiger partial charge < -0.3 is 11.5 Å². The Bertz CT molecular complexity index is 136. The Labute approximate surface area is 74.5 Å².